The van der Waals surface area contributed by atoms with Gasteiger partial charge in [0, 0.05) is 37.2 Å². The first-order valence-corrected chi connectivity index (χ1v) is 7.83. The lowest BCUT2D eigenvalue weighted by Crippen LogP contribution is -2.44. The summed E-state index contributed by atoms with van der Waals surface area (Å²) in [4.78, 5) is 14.0. The van der Waals surface area contributed by atoms with E-state index < -0.39 is 0 Å². The normalized spacial score (nSPS) is 32.9. The summed E-state index contributed by atoms with van der Waals surface area (Å²) in [5.74, 6) is 0.180. The average molecular weight is 309 g/mol. The van der Waals surface area contributed by atoms with Gasteiger partial charge in [-0.25, -0.2) is 0 Å². The van der Waals surface area contributed by atoms with Crippen LogP contribution in [-0.2, 0) is 9.53 Å². The zero-order chi connectivity index (χ0) is 15.0. The maximum atomic E-state index is 12.1. The molecule has 114 valence electrons. The van der Waals surface area contributed by atoms with Gasteiger partial charge in [0.2, 0.25) is 5.91 Å². The number of likely N-dealkylation sites (tertiary alicyclic amines) is 1. The molecule has 0 spiro atoms. The van der Waals surface area contributed by atoms with Gasteiger partial charge in [0.05, 0.1) is 12.1 Å². The van der Waals surface area contributed by atoms with Crippen LogP contribution in [0.25, 0.3) is 0 Å². The Morgan fingerprint density at radius 3 is 2.62 bits per heavy atom. The summed E-state index contributed by atoms with van der Waals surface area (Å²) in [7, 11) is 1.87. The van der Waals surface area contributed by atoms with E-state index in [9.17, 15) is 4.79 Å². The van der Waals surface area contributed by atoms with Gasteiger partial charge in [0.1, 0.15) is 0 Å². The van der Waals surface area contributed by atoms with Gasteiger partial charge in [0.15, 0.2) is 0 Å². The smallest absolute Gasteiger partial charge is 0.224 e. The first-order chi connectivity index (χ1) is 10.1. The van der Waals surface area contributed by atoms with Crippen molar-refractivity contribution in [1.82, 2.24) is 10.2 Å². The Bertz CT molecular complexity index is 520. The number of carbonyl (C=O) groups excluding carboxylic acids is 1. The Kier molecular flexibility index (Phi) is 4.20. The largest absolute Gasteiger partial charge is 0.377 e. The molecule has 0 aliphatic carbocycles. The number of ether oxygens (including phenoxy) is 1. The van der Waals surface area contributed by atoms with Crippen LogP contribution in [0.2, 0.25) is 5.02 Å². The van der Waals surface area contributed by atoms with Crippen LogP contribution in [-0.4, -0.2) is 42.6 Å². The van der Waals surface area contributed by atoms with Crippen LogP contribution in [0.5, 0.6) is 0 Å². The van der Waals surface area contributed by atoms with E-state index in [-0.39, 0.29) is 24.1 Å². The molecule has 2 aliphatic rings. The molecule has 1 amide bonds. The number of benzene rings is 1. The second-order valence-electron chi connectivity index (χ2n) is 5.95. The zero-order valence-electron chi connectivity index (χ0n) is 12.4. The molecular weight excluding hydrogens is 288 g/mol. The lowest BCUT2D eigenvalue weighted by Gasteiger charge is -2.29. The fraction of sp³-hybridized carbons (Fsp3) is 0.562. The minimum atomic E-state index is 0.0579. The first-order valence-electron chi connectivity index (χ1n) is 7.45. The van der Waals surface area contributed by atoms with Crippen molar-refractivity contribution in [2.24, 2.45) is 0 Å². The molecule has 4 nitrogen and oxygen atoms in total. The number of halogens is 1. The number of carbonyl (C=O) groups is 1. The number of hydrogen-bond acceptors (Lipinski definition) is 3. The van der Waals surface area contributed by atoms with Crippen molar-refractivity contribution in [2.45, 2.75) is 44.0 Å². The van der Waals surface area contributed by atoms with Gasteiger partial charge in [-0.3, -0.25) is 4.79 Å². The highest BCUT2D eigenvalue weighted by Crippen LogP contribution is 2.33. The minimum Gasteiger partial charge on any atom is -0.377 e. The van der Waals surface area contributed by atoms with Crippen LogP contribution < -0.4 is 5.32 Å². The predicted octanol–water partition coefficient (Wildman–Crippen LogP) is 2.38. The van der Waals surface area contributed by atoms with Crippen molar-refractivity contribution in [3.8, 4) is 0 Å². The number of hydrogen-bond donors (Lipinski definition) is 1. The highest BCUT2D eigenvalue weighted by molar-refractivity contribution is 6.30. The third kappa shape index (κ3) is 2.93. The SMILES string of the molecule is CC1OCCC1NC1CC(=O)N(C)C1c1ccc(Cl)cc1. The molecule has 2 saturated heterocycles. The molecule has 0 bridgehead atoms. The molecule has 2 fully saturated rings. The van der Waals surface area contributed by atoms with Crippen molar-refractivity contribution in [2.75, 3.05) is 13.7 Å². The minimum absolute atomic E-state index is 0.0579. The molecule has 1 aromatic rings. The van der Waals surface area contributed by atoms with E-state index in [4.69, 9.17) is 16.3 Å². The number of nitrogens with one attached hydrogen (secondary N) is 1. The molecule has 3 rings (SSSR count). The number of nitrogens with zero attached hydrogens (tertiary/aromatic N) is 1. The summed E-state index contributed by atoms with van der Waals surface area (Å²) in [6.45, 7) is 2.88. The average Bonchev–Trinajstić information content (AvgIpc) is 2.97. The Balaban J connectivity index is 1.80. The van der Waals surface area contributed by atoms with Gasteiger partial charge in [0.25, 0.3) is 0 Å². The molecule has 0 aromatic heterocycles. The maximum absolute atomic E-state index is 12.1. The third-order valence-electron chi connectivity index (χ3n) is 4.60. The Labute approximate surface area is 130 Å². The van der Waals surface area contributed by atoms with E-state index in [1.165, 1.54) is 0 Å². The van der Waals surface area contributed by atoms with Crippen molar-refractivity contribution >= 4 is 17.5 Å². The fourth-order valence-corrected chi connectivity index (χ4v) is 3.49. The summed E-state index contributed by atoms with van der Waals surface area (Å²) in [5.41, 5.74) is 1.12. The van der Waals surface area contributed by atoms with E-state index in [1.807, 2.05) is 36.2 Å². The molecule has 1 aromatic carbocycles. The standard InChI is InChI=1S/C16H21ClN2O2/c1-10-13(7-8-21-10)18-14-9-15(20)19(2)16(14)11-3-5-12(17)6-4-11/h3-6,10,13-14,16,18H,7-9H2,1-2H3. The number of rotatable bonds is 3. The van der Waals surface area contributed by atoms with Crippen LogP contribution in [0.15, 0.2) is 24.3 Å². The van der Waals surface area contributed by atoms with Gasteiger partial charge in [-0.05, 0) is 31.0 Å². The summed E-state index contributed by atoms with van der Waals surface area (Å²) < 4.78 is 5.61. The van der Waals surface area contributed by atoms with Gasteiger partial charge < -0.3 is 15.0 Å². The van der Waals surface area contributed by atoms with Gasteiger partial charge in [-0.2, -0.15) is 0 Å². The molecule has 2 heterocycles. The van der Waals surface area contributed by atoms with Crippen LogP contribution in [0, 0.1) is 0 Å². The zero-order valence-corrected chi connectivity index (χ0v) is 13.1. The van der Waals surface area contributed by atoms with Crippen molar-refractivity contribution in [3.05, 3.63) is 34.9 Å². The van der Waals surface area contributed by atoms with Crippen LogP contribution in [0.4, 0.5) is 0 Å². The number of amides is 1. The van der Waals surface area contributed by atoms with Crippen molar-refractivity contribution in [3.63, 3.8) is 0 Å². The quantitative estimate of drug-likeness (QED) is 0.932. The summed E-state index contributed by atoms with van der Waals surface area (Å²) in [6, 6.07) is 8.28. The molecule has 1 N–H and O–H groups in total. The van der Waals surface area contributed by atoms with E-state index >= 15 is 0 Å². The Morgan fingerprint density at radius 2 is 2.00 bits per heavy atom. The molecule has 5 heteroatoms. The van der Waals surface area contributed by atoms with Gasteiger partial charge >= 0.3 is 0 Å². The van der Waals surface area contributed by atoms with Crippen LogP contribution in [0.3, 0.4) is 0 Å². The van der Waals surface area contributed by atoms with Crippen LogP contribution in [0.1, 0.15) is 31.4 Å². The highest BCUT2D eigenvalue weighted by Gasteiger charge is 2.40. The predicted molar refractivity (Wildman–Crippen MR) is 82.3 cm³/mol. The molecule has 4 atom stereocenters. The fourth-order valence-electron chi connectivity index (χ4n) is 3.36. The monoisotopic (exact) mass is 308 g/mol. The topological polar surface area (TPSA) is 41.6 Å². The van der Waals surface area contributed by atoms with Crippen molar-refractivity contribution in [1.29, 1.82) is 0 Å². The van der Waals surface area contributed by atoms with Crippen LogP contribution >= 0.6 is 11.6 Å². The molecule has 0 saturated carbocycles. The second-order valence-corrected chi connectivity index (χ2v) is 6.39. The maximum Gasteiger partial charge on any atom is 0.224 e. The first kappa shape index (κ1) is 14.8. The second kappa shape index (κ2) is 5.95. The van der Waals surface area contributed by atoms with E-state index in [0.717, 1.165) is 18.6 Å². The summed E-state index contributed by atoms with van der Waals surface area (Å²) in [5, 5.41) is 4.35. The van der Waals surface area contributed by atoms with E-state index in [0.29, 0.717) is 17.5 Å². The highest BCUT2D eigenvalue weighted by atomic mass is 35.5. The molecular formula is C16H21ClN2O2. The summed E-state index contributed by atoms with van der Waals surface area (Å²) in [6.07, 6.45) is 1.74. The molecule has 2 aliphatic heterocycles. The van der Waals surface area contributed by atoms with Gasteiger partial charge in [-0.15, -0.1) is 0 Å². The summed E-state index contributed by atoms with van der Waals surface area (Å²) >= 11 is 5.96. The van der Waals surface area contributed by atoms with E-state index in [2.05, 4.69) is 12.2 Å². The Hall–Kier alpha value is -1.10. The van der Waals surface area contributed by atoms with Gasteiger partial charge in [-0.1, -0.05) is 23.7 Å². The van der Waals surface area contributed by atoms with E-state index in [1.54, 1.807) is 0 Å². The van der Waals surface area contributed by atoms with Crippen molar-refractivity contribution < 1.29 is 9.53 Å². The lowest BCUT2D eigenvalue weighted by molar-refractivity contribution is -0.127. The number of likely N-dealkylation sites (N-methyl/N-ethyl adjacent to an activating group) is 1. The lowest BCUT2D eigenvalue weighted by atomic mass is 9.98. The molecule has 0 radical (unpaired) electrons. The third-order valence-corrected chi connectivity index (χ3v) is 4.85. The molecule has 21 heavy (non-hydrogen) atoms. The Morgan fingerprint density at radius 1 is 1.29 bits per heavy atom. The molecule has 4 unspecified atom stereocenters.